The smallest absolute Gasteiger partial charge is 0.317 e. The zero-order valence-electron chi connectivity index (χ0n) is 9.86. The summed E-state index contributed by atoms with van der Waals surface area (Å²) in [4.78, 5) is 7.97. The third-order valence-corrected chi connectivity index (χ3v) is 3.20. The molecule has 1 aromatic rings. The number of aromatic nitrogens is 2. The lowest BCUT2D eigenvalue weighted by Gasteiger charge is -2.22. The molecule has 0 amide bonds. The summed E-state index contributed by atoms with van der Waals surface area (Å²) in [6, 6.07) is 2.02. The summed E-state index contributed by atoms with van der Waals surface area (Å²) >= 11 is 5.74. The molecule has 1 N–H and O–H groups in total. The molecule has 1 unspecified atom stereocenters. The Morgan fingerprint density at radius 2 is 2.47 bits per heavy atom. The Kier molecular flexibility index (Phi) is 5.01. The number of rotatable bonds is 5. The van der Waals surface area contributed by atoms with Gasteiger partial charge in [-0.3, -0.25) is 0 Å². The Hall–Kier alpha value is -0.870. The van der Waals surface area contributed by atoms with Crippen LogP contribution in [0.5, 0.6) is 6.01 Å². The van der Waals surface area contributed by atoms with Crippen molar-refractivity contribution in [1.29, 1.82) is 0 Å². The van der Waals surface area contributed by atoms with E-state index >= 15 is 0 Å². The highest BCUT2D eigenvalue weighted by Gasteiger charge is 2.12. The summed E-state index contributed by atoms with van der Waals surface area (Å²) in [5, 5.41) is 3.84. The summed E-state index contributed by atoms with van der Waals surface area (Å²) in [5.41, 5.74) is 0. The third kappa shape index (κ3) is 4.48. The fourth-order valence-corrected chi connectivity index (χ4v) is 2.22. The van der Waals surface area contributed by atoms with E-state index in [4.69, 9.17) is 16.3 Å². The SMILES string of the molecule is Clc1ccnc(OCCCC2CCCNC2)n1. The van der Waals surface area contributed by atoms with Crippen molar-refractivity contribution >= 4 is 11.6 Å². The van der Waals surface area contributed by atoms with Crippen LogP contribution in [0.1, 0.15) is 25.7 Å². The Balaban J connectivity index is 1.62. The van der Waals surface area contributed by atoms with E-state index < -0.39 is 0 Å². The van der Waals surface area contributed by atoms with Crippen molar-refractivity contribution in [2.24, 2.45) is 5.92 Å². The maximum absolute atomic E-state index is 5.74. The Morgan fingerprint density at radius 1 is 1.53 bits per heavy atom. The molecular formula is C12H18ClN3O. The lowest BCUT2D eigenvalue weighted by atomic mass is 9.95. The van der Waals surface area contributed by atoms with E-state index in [1.807, 2.05) is 0 Å². The number of hydrogen-bond acceptors (Lipinski definition) is 4. The topological polar surface area (TPSA) is 47.0 Å². The average molecular weight is 256 g/mol. The van der Waals surface area contributed by atoms with Gasteiger partial charge in [-0.25, -0.2) is 4.98 Å². The van der Waals surface area contributed by atoms with Crippen molar-refractivity contribution in [3.63, 3.8) is 0 Å². The van der Waals surface area contributed by atoms with Gasteiger partial charge in [0.25, 0.3) is 0 Å². The molecule has 0 radical (unpaired) electrons. The molecule has 2 rings (SSSR count). The number of nitrogens with zero attached hydrogens (tertiary/aromatic N) is 2. The van der Waals surface area contributed by atoms with E-state index in [0.717, 1.165) is 18.9 Å². The first kappa shape index (κ1) is 12.6. The number of hydrogen-bond donors (Lipinski definition) is 1. The molecule has 5 heteroatoms. The lowest BCUT2D eigenvalue weighted by Crippen LogP contribution is -2.29. The van der Waals surface area contributed by atoms with Gasteiger partial charge in [0, 0.05) is 6.20 Å². The number of piperidine rings is 1. The molecule has 0 aromatic carbocycles. The predicted octanol–water partition coefficient (Wildman–Crippen LogP) is 2.29. The standard InChI is InChI=1S/C12H18ClN3O/c13-11-5-7-15-12(16-11)17-8-2-4-10-3-1-6-14-9-10/h5,7,10,14H,1-4,6,8-9H2. The van der Waals surface area contributed by atoms with E-state index in [2.05, 4.69) is 15.3 Å². The number of nitrogens with one attached hydrogen (secondary N) is 1. The van der Waals surface area contributed by atoms with E-state index in [-0.39, 0.29) is 0 Å². The van der Waals surface area contributed by atoms with Gasteiger partial charge in [-0.15, -0.1) is 0 Å². The second-order valence-corrected chi connectivity index (χ2v) is 4.75. The Morgan fingerprint density at radius 3 is 3.24 bits per heavy atom. The van der Waals surface area contributed by atoms with Crippen LogP contribution in [0.3, 0.4) is 0 Å². The molecule has 1 fully saturated rings. The van der Waals surface area contributed by atoms with Crippen molar-refractivity contribution in [3.8, 4) is 6.01 Å². The zero-order valence-corrected chi connectivity index (χ0v) is 10.6. The molecule has 1 aromatic heterocycles. The summed E-state index contributed by atoms with van der Waals surface area (Å²) in [6.07, 6.45) is 6.48. The van der Waals surface area contributed by atoms with Gasteiger partial charge in [0.15, 0.2) is 0 Å². The van der Waals surface area contributed by atoms with Gasteiger partial charge in [0.05, 0.1) is 6.61 Å². The van der Waals surface area contributed by atoms with Crippen LogP contribution < -0.4 is 10.1 Å². The average Bonchev–Trinajstić information content (AvgIpc) is 2.36. The first-order valence-electron chi connectivity index (χ1n) is 6.16. The molecule has 0 saturated carbocycles. The third-order valence-electron chi connectivity index (χ3n) is 2.99. The van der Waals surface area contributed by atoms with E-state index in [0.29, 0.717) is 17.8 Å². The van der Waals surface area contributed by atoms with Crippen LogP contribution in [0.25, 0.3) is 0 Å². The minimum atomic E-state index is 0.374. The molecule has 0 aliphatic carbocycles. The lowest BCUT2D eigenvalue weighted by molar-refractivity contribution is 0.260. The van der Waals surface area contributed by atoms with Gasteiger partial charge in [-0.05, 0) is 50.8 Å². The van der Waals surface area contributed by atoms with Gasteiger partial charge < -0.3 is 10.1 Å². The van der Waals surface area contributed by atoms with Gasteiger partial charge in [0.1, 0.15) is 5.15 Å². The van der Waals surface area contributed by atoms with E-state index in [9.17, 15) is 0 Å². The highest BCUT2D eigenvalue weighted by atomic mass is 35.5. The molecular weight excluding hydrogens is 238 g/mol. The summed E-state index contributed by atoms with van der Waals surface area (Å²) in [6.45, 7) is 2.98. The summed E-state index contributed by atoms with van der Waals surface area (Å²) in [7, 11) is 0. The fourth-order valence-electron chi connectivity index (χ4n) is 2.10. The minimum absolute atomic E-state index is 0.374. The van der Waals surface area contributed by atoms with Crippen molar-refractivity contribution in [2.45, 2.75) is 25.7 Å². The van der Waals surface area contributed by atoms with E-state index in [1.54, 1.807) is 12.3 Å². The highest BCUT2D eigenvalue weighted by Crippen LogP contribution is 2.16. The second kappa shape index (κ2) is 6.77. The molecule has 2 heterocycles. The number of halogens is 1. The van der Waals surface area contributed by atoms with Crippen LogP contribution in [0.15, 0.2) is 12.3 Å². The first-order chi connectivity index (χ1) is 8.34. The van der Waals surface area contributed by atoms with Crippen molar-refractivity contribution in [1.82, 2.24) is 15.3 Å². The van der Waals surface area contributed by atoms with Gasteiger partial charge in [-0.1, -0.05) is 11.6 Å². The van der Waals surface area contributed by atoms with Gasteiger partial charge >= 0.3 is 6.01 Å². The molecule has 1 atom stereocenters. The quantitative estimate of drug-likeness (QED) is 0.648. The van der Waals surface area contributed by atoms with E-state index in [1.165, 1.54) is 25.8 Å². The Labute approximate surface area is 107 Å². The largest absolute Gasteiger partial charge is 0.463 e. The molecule has 94 valence electrons. The van der Waals surface area contributed by atoms with Gasteiger partial charge in [0.2, 0.25) is 0 Å². The van der Waals surface area contributed by atoms with Crippen molar-refractivity contribution in [3.05, 3.63) is 17.4 Å². The second-order valence-electron chi connectivity index (χ2n) is 4.37. The summed E-state index contributed by atoms with van der Waals surface area (Å²) in [5.74, 6) is 0.799. The molecule has 1 saturated heterocycles. The van der Waals surface area contributed by atoms with Crippen LogP contribution in [-0.4, -0.2) is 29.7 Å². The maximum atomic E-state index is 5.74. The number of ether oxygens (including phenoxy) is 1. The van der Waals surface area contributed by atoms with Crippen molar-refractivity contribution in [2.75, 3.05) is 19.7 Å². The van der Waals surface area contributed by atoms with Crippen molar-refractivity contribution < 1.29 is 4.74 Å². The molecule has 1 aliphatic rings. The Bertz CT molecular complexity index is 342. The molecule has 17 heavy (non-hydrogen) atoms. The first-order valence-corrected chi connectivity index (χ1v) is 6.54. The normalized spacial score (nSPS) is 20.2. The minimum Gasteiger partial charge on any atom is -0.463 e. The molecule has 4 nitrogen and oxygen atoms in total. The highest BCUT2D eigenvalue weighted by molar-refractivity contribution is 6.29. The van der Waals surface area contributed by atoms with Gasteiger partial charge in [-0.2, -0.15) is 4.98 Å². The van der Waals surface area contributed by atoms with Crippen LogP contribution >= 0.6 is 11.6 Å². The molecule has 1 aliphatic heterocycles. The zero-order chi connectivity index (χ0) is 11.9. The maximum Gasteiger partial charge on any atom is 0.317 e. The molecule has 0 spiro atoms. The summed E-state index contributed by atoms with van der Waals surface area (Å²) < 4.78 is 5.45. The van der Waals surface area contributed by atoms with Crippen LogP contribution in [0.4, 0.5) is 0 Å². The van der Waals surface area contributed by atoms with Crippen LogP contribution in [0.2, 0.25) is 5.15 Å². The fraction of sp³-hybridized carbons (Fsp3) is 0.667. The van der Waals surface area contributed by atoms with Crippen LogP contribution in [-0.2, 0) is 0 Å². The predicted molar refractivity (Wildman–Crippen MR) is 67.4 cm³/mol. The molecule has 0 bridgehead atoms. The van der Waals surface area contributed by atoms with Crippen LogP contribution in [0, 0.1) is 5.92 Å². The monoisotopic (exact) mass is 255 g/mol.